The maximum Gasteiger partial charge on any atom is 0.280 e. The summed E-state index contributed by atoms with van der Waals surface area (Å²) in [6, 6.07) is 20.2. The minimum absolute atomic E-state index is 0.286. The number of nitrogens with zero attached hydrogens (tertiary/aromatic N) is 1. The van der Waals surface area contributed by atoms with Crippen LogP contribution in [0.5, 0.6) is 5.75 Å². The molecule has 0 bridgehead atoms. The van der Waals surface area contributed by atoms with Crippen LogP contribution in [0, 0.1) is 6.92 Å². The standard InChI is InChI=1S/C24H26N2O2/c1-16(2)20-13-12-17(3)23(14-20)28-18(4)24(27)26-25-15-21-10-7-9-19-8-5-6-11-22(19)21/h5-16,18H,1-4H3,(H,26,27)/b25-15+. The Balaban J connectivity index is 1.66. The smallest absolute Gasteiger partial charge is 0.280 e. The molecule has 0 fully saturated rings. The summed E-state index contributed by atoms with van der Waals surface area (Å²) in [4.78, 5) is 12.4. The first-order valence-corrected chi connectivity index (χ1v) is 9.53. The van der Waals surface area contributed by atoms with Crippen LogP contribution in [0.4, 0.5) is 0 Å². The van der Waals surface area contributed by atoms with Crippen LogP contribution in [-0.2, 0) is 4.79 Å². The van der Waals surface area contributed by atoms with Gasteiger partial charge >= 0.3 is 0 Å². The van der Waals surface area contributed by atoms with E-state index in [4.69, 9.17) is 4.74 Å². The van der Waals surface area contributed by atoms with Crippen LogP contribution in [0.2, 0.25) is 0 Å². The highest BCUT2D eigenvalue weighted by atomic mass is 16.5. The molecular formula is C24H26N2O2. The van der Waals surface area contributed by atoms with Gasteiger partial charge in [-0.15, -0.1) is 0 Å². The molecule has 28 heavy (non-hydrogen) atoms. The number of nitrogens with one attached hydrogen (secondary N) is 1. The molecule has 0 aliphatic heterocycles. The fourth-order valence-corrected chi connectivity index (χ4v) is 2.97. The molecule has 1 atom stereocenters. The number of carbonyl (C=O) groups excluding carboxylic acids is 1. The normalized spacial score (nSPS) is 12.5. The van der Waals surface area contributed by atoms with Gasteiger partial charge in [-0.1, -0.05) is 68.4 Å². The number of benzene rings is 3. The van der Waals surface area contributed by atoms with Gasteiger partial charge in [-0.25, -0.2) is 5.43 Å². The van der Waals surface area contributed by atoms with Gasteiger partial charge in [0, 0.05) is 5.56 Å². The number of amides is 1. The third-order valence-corrected chi connectivity index (χ3v) is 4.75. The van der Waals surface area contributed by atoms with E-state index in [2.05, 4.69) is 42.6 Å². The molecule has 0 aromatic heterocycles. The van der Waals surface area contributed by atoms with Gasteiger partial charge in [-0.05, 0) is 47.7 Å². The molecule has 3 rings (SSSR count). The molecule has 1 unspecified atom stereocenters. The van der Waals surface area contributed by atoms with Crippen molar-refractivity contribution in [1.29, 1.82) is 0 Å². The minimum Gasteiger partial charge on any atom is -0.481 e. The van der Waals surface area contributed by atoms with E-state index in [0.29, 0.717) is 5.92 Å². The van der Waals surface area contributed by atoms with E-state index in [1.807, 2.05) is 49.4 Å². The van der Waals surface area contributed by atoms with E-state index >= 15 is 0 Å². The molecule has 4 nitrogen and oxygen atoms in total. The van der Waals surface area contributed by atoms with E-state index in [1.165, 1.54) is 5.56 Å². The van der Waals surface area contributed by atoms with E-state index < -0.39 is 6.10 Å². The summed E-state index contributed by atoms with van der Waals surface area (Å²) in [5, 5.41) is 6.34. The Kier molecular flexibility index (Phi) is 6.09. The zero-order valence-corrected chi connectivity index (χ0v) is 16.8. The molecule has 0 saturated heterocycles. The van der Waals surface area contributed by atoms with Gasteiger partial charge in [-0.3, -0.25) is 4.79 Å². The van der Waals surface area contributed by atoms with Crippen molar-refractivity contribution in [1.82, 2.24) is 5.43 Å². The zero-order valence-electron chi connectivity index (χ0n) is 16.8. The zero-order chi connectivity index (χ0) is 20.1. The fourth-order valence-electron chi connectivity index (χ4n) is 2.97. The van der Waals surface area contributed by atoms with Gasteiger partial charge in [-0.2, -0.15) is 5.10 Å². The van der Waals surface area contributed by atoms with Gasteiger partial charge in [0.25, 0.3) is 5.91 Å². The number of hydrazone groups is 1. The average molecular weight is 374 g/mol. The SMILES string of the molecule is Cc1ccc(C(C)C)cc1OC(C)C(=O)N/N=C/c1cccc2ccccc12. The lowest BCUT2D eigenvalue weighted by atomic mass is 10.0. The van der Waals surface area contributed by atoms with Crippen LogP contribution in [0.3, 0.4) is 0 Å². The van der Waals surface area contributed by atoms with Gasteiger partial charge in [0.05, 0.1) is 6.21 Å². The molecule has 3 aromatic rings. The van der Waals surface area contributed by atoms with E-state index in [0.717, 1.165) is 27.6 Å². The van der Waals surface area contributed by atoms with Crippen LogP contribution in [0.15, 0.2) is 65.8 Å². The lowest BCUT2D eigenvalue weighted by molar-refractivity contribution is -0.127. The van der Waals surface area contributed by atoms with Crippen molar-refractivity contribution in [2.75, 3.05) is 0 Å². The number of fused-ring (bicyclic) bond motifs is 1. The van der Waals surface area contributed by atoms with Crippen molar-refractivity contribution < 1.29 is 9.53 Å². The Morgan fingerprint density at radius 2 is 1.79 bits per heavy atom. The first kappa shape index (κ1) is 19.6. The lowest BCUT2D eigenvalue weighted by Gasteiger charge is -2.16. The Morgan fingerprint density at radius 3 is 2.57 bits per heavy atom. The van der Waals surface area contributed by atoms with E-state index in [9.17, 15) is 4.79 Å². The van der Waals surface area contributed by atoms with Gasteiger partial charge in [0.15, 0.2) is 6.10 Å². The Hall–Kier alpha value is -3.14. The molecule has 0 spiro atoms. The van der Waals surface area contributed by atoms with Crippen LogP contribution in [0.1, 0.15) is 43.4 Å². The van der Waals surface area contributed by atoms with Crippen molar-refractivity contribution in [2.24, 2.45) is 5.10 Å². The quantitative estimate of drug-likeness (QED) is 0.477. The Morgan fingerprint density at radius 1 is 1.04 bits per heavy atom. The molecule has 4 heteroatoms. The van der Waals surface area contributed by atoms with Crippen molar-refractivity contribution >= 4 is 22.9 Å². The second-order valence-electron chi connectivity index (χ2n) is 7.24. The third kappa shape index (κ3) is 4.58. The highest BCUT2D eigenvalue weighted by Gasteiger charge is 2.16. The highest BCUT2D eigenvalue weighted by molar-refractivity contribution is 6.00. The van der Waals surface area contributed by atoms with Gasteiger partial charge in [0.1, 0.15) is 5.75 Å². The number of hydrogen-bond acceptors (Lipinski definition) is 3. The van der Waals surface area contributed by atoms with Crippen molar-refractivity contribution in [3.8, 4) is 5.75 Å². The second kappa shape index (κ2) is 8.70. The predicted molar refractivity (Wildman–Crippen MR) is 115 cm³/mol. The molecule has 0 heterocycles. The second-order valence-corrected chi connectivity index (χ2v) is 7.24. The number of ether oxygens (including phenoxy) is 1. The van der Waals surface area contributed by atoms with Crippen molar-refractivity contribution in [3.63, 3.8) is 0 Å². The van der Waals surface area contributed by atoms with Gasteiger partial charge in [0.2, 0.25) is 0 Å². The number of hydrogen-bond donors (Lipinski definition) is 1. The van der Waals surface area contributed by atoms with Crippen molar-refractivity contribution in [2.45, 2.75) is 39.7 Å². The summed E-state index contributed by atoms with van der Waals surface area (Å²) >= 11 is 0. The van der Waals surface area contributed by atoms with Crippen molar-refractivity contribution in [3.05, 3.63) is 77.4 Å². The lowest BCUT2D eigenvalue weighted by Crippen LogP contribution is -2.33. The Bertz CT molecular complexity index is 1000. The molecule has 0 aliphatic rings. The van der Waals surface area contributed by atoms with Crippen LogP contribution in [0.25, 0.3) is 10.8 Å². The van der Waals surface area contributed by atoms with E-state index in [-0.39, 0.29) is 5.91 Å². The maximum absolute atomic E-state index is 12.4. The van der Waals surface area contributed by atoms with Crippen LogP contribution in [-0.4, -0.2) is 18.2 Å². The topological polar surface area (TPSA) is 50.7 Å². The molecule has 144 valence electrons. The van der Waals surface area contributed by atoms with Crippen LogP contribution < -0.4 is 10.2 Å². The average Bonchev–Trinajstić information content (AvgIpc) is 2.69. The monoisotopic (exact) mass is 374 g/mol. The summed E-state index contributed by atoms with van der Waals surface area (Å²) in [6.07, 6.45) is 1.02. The third-order valence-electron chi connectivity index (χ3n) is 4.75. The summed E-state index contributed by atoms with van der Waals surface area (Å²) in [5.74, 6) is 0.843. The molecule has 3 aromatic carbocycles. The van der Waals surface area contributed by atoms with Crippen LogP contribution >= 0.6 is 0 Å². The number of aryl methyl sites for hydroxylation is 1. The molecule has 1 N–H and O–H groups in total. The maximum atomic E-state index is 12.4. The molecule has 0 radical (unpaired) electrons. The Labute approximate surface area is 166 Å². The summed E-state index contributed by atoms with van der Waals surface area (Å²) in [5.41, 5.74) is 5.72. The van der Waals surface area contributed by atoms with E-state index in [1.54, 1.807) is 13.1 Å². The molecule has 0 aliphatic carbocycles. The largest absolute Gasteiger partial charge is 0.481 e. The molecule has 1 amide bonds. The minimum atomic E-state index is -0.647. The summed E-state index contributed by atoms with van der Waals surface area (Å²) in [6.45, 7) is 7.96. The number of rotatable bonds is 6. The summed E-state index contributed by atoms with van der Waals surface area (Å²) in [7, 11) is 0. The summed E-state index contributed by atoms with van der Waals surface area (Å²) < 4.78 is 5.88. The predicted octanol–water partition coefficient (Wildman–Crippen LogP) is 5.19. The fraction of sp³-hybridized carbons (Fsp3) is 0.250. The first-order valence-electron chi connectivity index (χ1n) is 9.53. The molecule has 0 saturated carbocycles. The first-order chi connectivity index (χ1) is 13.5. The highest BCUT2D eigenvalue weighted by Crippen LogP contribution is 2.25. The molecular weight excluding hydrogens is 348 g/mol. The van der Waals surface area contributed by atoms with Gasteiger partial charge < -0.3 is 4.74 Å². The number of carbonyl (C=O) groups is 1.